The van der Waals surface area contributed by atoms with Gasteiger partial charge in [-0.15, -0.1) is 24.0 Å². The molecule has 1 atom stereocenters. The van der Waals surface area contributed by atoms with Gasteiger partial charge in [-0.05, 0) is 37.5 Å². The first kappa shape index (κ1) is 23.9. The second kappa shape index (κ2) is 11.7. The number of nitrogens with one attached hydrogen (secondary N) is 2. The fraction of sp³-hybridized carbons (Fsp3) is 0.364. The largest absolute Gasteiger partial charge is 0.350 e. The maximum Gasteiger partial charge on any atom is 0.241 e. The molecule has 0 fully saturated rings. The molecule has 1 unspecified atom stereocenters. The number of hydrogen-bond donors (Lipinski definition) is 2. The van der Waals surface area contributed by atoms with Crippen LogP contribution in [-0.2, 0) is 11.3 Å². The highest BCUT2D eigenvalue weighted by atomic mass is 127. The standard InChI is InChI=1S/C22H30N4O.HI/c1-16-11-12-20(17(2)13-16)14-23-22(24-15-21(27)26(4)5)25-18(3)19-9-7-6-8-10-19;/h6-13,18H,14-15H2,1-5H3,(H2,23,24,25);1H. The minimum Gasteiger partial charge on any atom is -0.350 e. The normalized spacial score (nSPS) is 12.0. The van der Waals surface area contributed by atoms with Crippen LogP contribution in [0.4, 0.5) is 0 Å². The van der Waals surface area contributed by atoms with E-state index in [1.807, 2.05) is 18.2 Å². The summed E-state index contributed by atoms with van der Waals surface area (Å²) in [6.07, 6.45) is 0. The third-order valence-corrected chi connectivity index (χ3v) is 4.46. The van der Waals surface area contributed by atoms with Crippen molar-refractivity contribution in [1.29, 1.82) is 0 Å². The Morgan fingerprint density at radius 1 is 1.11 bits per heavy atom. The van der Waals surface area contributed by atoms with Gasteiger partial charge in [0.25, 0.3) is 0 Å². The molecule has 0 aliphatic carbocycles. The average Bonchev–Trinajstić information content (AvgIpc) is 2.65. The van der Waals surface area contributed by atoms with E-state index < -0.39 is 0 Å². The highest BCUT2D eigenvalue weighted by molar-refractivity contribution is 14.0. The Morgan fingerprint density at radius 3 is 2.39 bits per heavy atom. The van der Waals surface area contributed by atoms with E-state index in [0.29, 0.717) is 12.5 Å². The molecule has 0 heterocycles. The first-order valence-electron chi connectivity index (χ1n) is 9.23. The summed E-state index contributed by atoms with van der Waals surface area (Å²) < 4.78 is 0. The highest BCUT2D eigenvalue weighted by Gasteiger charge is 2.10. The van der Waals surface area contributed by atoms with Crippen LogP contribution >= 0.6 is 24.0 Å². The molecule has 2 aromatic rings. The van der Waals surface area contributed by atoms with E-state index in [2.05, 4.69) is 61.7 Å². The summed E-state index contributed by atoms with van der Waals surface area (Å²) in [6, 6.07) is 16.6. The van der Waals surface area contributed by atoms with Gasteiger partial charge in [0.1, 0.15) is 0 Å². The van der Waals surface area contributed by atoms with Gasteiger partial charge < -0.3 is 15.5 Å². The van der Waals surface area contributed by atoms with E-state index in [0.717, 1.165) is 5.56 Å². The Bertz CT molecular complexity index is 790. The molecule has 0 aliphatic heterocycles. The van der Waals surface area contributed by atoms with Crippen LogP contribution in [0.2, 0.25) is 0 Å². The van der Waals surface area contributed by atoms with Crippen LogP contribution in [0.1, 0.15) is 35.2 Å². The van der Waals surface area contributed by atoms with Gasteiger partial charge in [0.2, 0.25) is 5.91 Å². The summed E-state index contributed by atoms with van der Waals surface area (Å²) >= 11 is 0. The van der Waals surface area contributed by atoms with Crippen molar-refractivity contribution in [2.45, 2.75) is 33.4 Å². The number of hydrogen-bond acceptors (Lipinski definition) is 2. The topological polar surface area (TPSA) is 56.7 Å². The molecule has 2 rings (SSSR count). The Morgan fingerprint density at radius 2 is 1.79 bits per heavy atom. The van der Waals surface area contributed by atoms with Crippen LogP contribution in [0.15, 0.2) is 53.5 Å². The third kappa shape index (κ3) is 7.50. The molecule has 0 radical (unpaired) electrons. The molecule has 28 heavy (non-hydrogen) atoms. The number of benzene rings is 2. The first-order chi connectivity index (χ1) is 12.9. The van der Waals surface area contributed by atoms with Crippen LogP contribution in [0.3, 0.4) is 0 Å². The predicted octanol–water partition coefficient (Wildman–Crippen LogP) is 3.81. The first-order valence-corrected chi connectivity index (χ1v) is 9.23. The van der Waals surface area contributed by atoms with Crippen molar-refractivity contribution in [2.24, 2.45) is 4.99 Å². The fourth-order valence-corrected chi connectivity index (χ4v) is 2.69. The van der Waals surface area contributed by atoms with Crippen molar-refractivity contribution in [3.63, 3.8) is 0 Å². The van der Waals surface area contributed by atoms with Crippen LogP contribution in [0.25, 0.3) is 0 Å². The molecule has 1 amide bonds. The van der Waals surface area contributed by atoms with Crippen molar-refractivity contribution in [3.05, 3.63) is 70.8 Å². The quantitative estimate of drug-likeness (QED) is 0.365. The number of aryl methyl sites for hydroxylation is 2. The zero-order valence-corrected chi connectivity index (χ0v) is 19.7. The fourth-order valence-electron chi connectivity index (χ4n) is 2.69. The summed E-state index contributed by atoms with van der Waals surface area (Å²) in [7, 11) is 3.49. The SMILES string of the molecule is Cc1ccc(CN=C(NCC(=O)N(C)C)NC(C)c2ccccc2)c(C)c1.I. The number of amides is 1. The van der Waals surface area contributed by atoms with Gasteiger partial charge in [-0.2, -0.15) is 0 Å². The van der Waals surface area contributed by atoms with Gasteiger partial charge in [-0.1, -0.05) is 54.1 Å². The van der Waals surface area contributed by atoms with Crippen LogP contribution < -0.4 is 10.6 Å². The molecule has 152 valence electrons. The lowest BCUT2D eigenvalue weighted by Gasteiger charge is -2.19. The van der Waals surface area contributed by atoms with E-state index in [4.69, 9.17) is 4.99 Å². The Hall–Kier alpha value is -2.09. The third-order valence-electron chi connectivity index (χ3n) is 4.46. The number of likely N-dealkylation sites (N-methyl/N-ethyl adjacent to an activating group) is 1. The van der Waals surface area contributed by atoms with Gasteiger partial charge >= 0.3 is 0 Å². The molecule has 0 saturated heterocycles. The number of guanidine groups is 1. The number of aliphatic imine (C=N–C) groups is 1. The molecule has 6 heteroatoms. The van der Waals surface area contributed by atoms with Crippen molar-refractivity contribution in [3.8, 4) is 0 Å². The lowest BCUT2D eigenvalue weighted by molar-refractivity contribution is -0.127. The van der Waals surface area contributed by atoms with Crippen molar-refractivity contribution >= 4 is 35.8 Å². The summed E-state index contributed by atoms with van der Waals surface area (Å²) in [4.78, 5) is 18.2. The minimum absolute atomic E-state index is 0. The Balaban J connectivity index is 0.00000392. The van der Waals surface area contributed by atoms with Crippen LogP contribution in [-0.4, -0.2) is 37.4 Å². The minimum atomic E-state index is 0. The lowest BCUT2D eigenvalue weighted by atomic mass is 10.1. The van der Waals surface area contributed by atoms with Crippen molar-refractivity contribution < 1.29 is 4.79 Å². The predicted molar refractivity (Wildman–Crippen MR) is 127 cm³/mol. The molecule has 0 aromatic heterocycles. The van der Waals surface area contributed by atoms with Gasteiger partial charge in [0, 0.05) is 14.1 Å². The highest BCUT2D eigenvalue weighted by Crippen LogP contribution is 2.13. The van der Waals surface area contributed by atoms with E-state index in [1.165, 1.54) is 16.7 Å². The maximum atomic E-state index is 11.9. The lowest BCUT2D eigenvalue weighted by Crippen LogP contribution is -2.43. The summed E-state index contributed by atoms with van der Waals surface area (Å²) in [5, 5.41) is 6.55. The summed E-state index contributed by atoms with van der Waals surface area (Å²) in [6.45, 7) is 7.02. The van der Waals surface area contributed by atoms with Gasteiger partial charge in [0.15, 0.2) is 5.96 Å². The molecule has 2 aromatic carbocycles. The van der Waals surface area contributed by atoms with E-state index in [-0.39, 0.29) is 42.5 Å². The van der Waals surface area contributed by atoms with Gasteiger partial charge in [-0.25, -0.2) is 4.99 Å². The summed E-state index contributed by atoms with van der Waals surface area (Å²) in [5.74, 6) is 0.630. The van der Waals surface area contributed by atoms with E-state index >= 15 is 0 Å². The smallest absolute Gasteiger partial charge is 0.241 e. The summed E-state index contributed by atoms with van der Waals surface area (Å²) in [5.41, 5.74) is 4.80. The number of nitrogens with zero attached hydrogens (tertiary/aromatic N) is 2. The number of carbonyl (C=O) groups is 1. The molecular formula is C22H31IN4O. The number of carbonyl (C=O) groups excluding carboxylic acids is 1. The Kier molecular flexibility index (Phi) is 9.99. The molecule has 0 aliphatic rings. The van der Waals surface area contributed by atoms with Crippen LogP contribution in [0.5, 0.6) is 0 Å². The zero-order chi connectivity index (χ0) is 19.8. The average molecular weight is 494 g/mol. The monoisotopic (exact) mass is 494 g/mol. The number of halogens is 1. The molecule has 0 saturated carbocycles. The van der Waals surface area contributed by atoms with Crippen molar-refractivity contribution in [1.82, 2.24) is 15.5 Å². The molecule has 5 nitrogen and oxygen atoms in total. The molecule has 0 bridgehead atoms. The molecule has 0 spiro atoms. The molecular weight excluding hydrogens is 463 g/mol. The molecule has 2 N–H and O–H groups in total. The van der Waals surface area contributed by atoms with Gasteiger partial charge in [-0.3, -0.25) is 4.79 Å². The van der Waals surface area contributed by atoms with Gasteiger partial charge in [0.05, 0.1) is 19.1 Å². The van der Waals surface area contributed by atoms with E-state index in [1.54, 1.807) is 19.0 Å². The zero-order valence-electron chi connectivity index (χ0n) is 17.3. The Labute approximate surface area is 185 Å². The second-order valence-corrected chi connectivity index (χ2v) is 7.01. The maximum absolute atomic E-state index is 11.9. The number of rotatable bonds is 6. The van der Waals surface area contributed by atoms with Crippen molar-refractivity contribution in [2.75, 3.05) is 20.6 Å². The van der Waals surface area contributed by atoms with E-state index in [9.17, 15) is 4.79 Å². The van der Waals surface area contributed by atoms with Crippen LogP contribution in [0, 0.1) is 13.8 Å². The second-order valence-electron chi connectivity index (χ2n) is 7.01.